The monoisotopic (exact) mass is 354 g/mol. The highest BCUT2D eigenvalue weighted by atomic mass is 16.5. The molecule has 7 heteroatoms. The van der Waals surface area contributed by atoms with Crippen molar-refractivity contribution in [3.63, 3.8) is 0 Å². The van der Waals surface area contributed by atoms with Crippen molar-refractivity contribution in [2.75, 3.05) is 0 Å². The molecule has 7 nitrogen and oxygen atoms in total. The molecular weight excluding hydrogens is 332 g/mol. The van der Waals surface area contributed by atoms with Gasteiger partial charge in [-0.2, -0.15) is 5.10 Å². The maximum Gasteiger partial charge on any atom is 0.379 e. The van der Waals surface area contributed by atoms with E-state index in [1.54, 1.807) is 0 Å². The molecule has 0 spiro atoms. The van der Waals surface area contributed by atoms with E-state index in [9.17, 15) is 4.79 Å². The van der Waals surface area contributed by atoms with Gasteiger partial charge in [0, 0.05) is 17.5 Å². The average molecular weight is 354 g/mol. The third-order valence-corrected chi connectivity index (χ3v) is 4.20. The SMILES string of the molecule is Cc1cc(C)cc(OC(=O)c2oc3c(c2C)/C(=N/N=C(N)N)CCC3)c1. The van der Waals surface area contributed by atoms with Gasteiger partial charge in [0.05, 0.1) is 5.71 Å². The summed E-state index contributed by atoms with van der Waals surface area (Å²) in [6.45, 7) is 5.72. The fourth-order valence-electron chi connectivity index (χ4n) is 3.23. The molecule has 0 unspecified atom stereocenters. The molecule has 4 N–H and O–H groups in total. The van der Waals surface area contributed by atoms with Gasteiger partial charge in [-0.05, 0) is 56.9 Å². The number of nitrogens with zero attached hydrogens (tertiary/aromatic N) is 2. The summed E-state index contributed by atoms with van der Waals surface area (Å²) in [7, 11) is 0. The summed E-state index contributed by atoms with van der Waals surface area (Å²) >= 11 is 0. The van der Waals surface area contributed by atoms with E-state index < -0.39 is 5.97 Å². The minimum absolute atomic E-state index is 0.111. The molecule has 0 radical (unpaired) electrons. The number of carbonyl (C=O) groups is 1. The summed E-state index contributed by atoms with van der Waals surface area (Å²) < 4.78 is 11.3. The summed E-state index contributed by atoms with van der Waals surface area (Å²) in [6, 6.07) is 5.64. The molecule has 1 aromatic carbocycles. The van der Waals surface area contributed by atoms with E-state index in [1.165, 1.54) is 0 Å². The minimum Gasteiger partial charge on any atom is -0.453 e. The number of nitrogens with two attached hydrogens (primary N) is 2. The second kappa shape index (κ2) is 7.03. The third-order valence-electron chi connectivity index (χ3n) is 4.20. The van der Waals surface area contributed by atoms with Gasteiger partial charge in [-0.15, -0.1) is 5.10 Å². The number of esters is 1. The second-order valence-corrected chi connectivity index (χ2v) is 6.49. The topological polar surface area (TPSA) is 116 Å². The van der Waals surface area contributed by atoms with Crippen LogP contribution in [-0.4, -0.2) is 17.6 Å². The third kappa shape index (κ3) is 3.61. The first-order valence-electron chi connectivity index (χ1n) is 8.43. The average Bonchev–Trinajstić information content (AvgIpc) is 2.89. The predicted octanol–water partition coefficient (Wildman–Crippen LogP) is 2.74. The minimum atomic E-state index is -0.525. The number of aryl methyl sites for hydroxylation is 3. The number of rotatable bonds is 3. The van der Waals surface area contributed by atoms with Crippen molar-refractivity contribution in [2.24, 2.45) is 21.7 Å². The molecule has 0 saturated carbocycles. The molecule has 26 heavy (non-hydrogen) atoms. The summed E-state index contributed by atoms with van der Waals surface area (Å²) in [4.78, 5) is 12.6. The lowest BCUT2D eigenvalue weighted by atomic mass is 9.93. The fraction of sp³-hybridized carbons (Fsp3) is 0.316. The smallest absolute Gasteiger partial charge is 0.379 e. The summed E-state index contributed by atoms with van der Waals surface area (Å²) in [5.41, 5.74) is 15.0. The quantitative estimate of drug-likeness (QED) is 0.289. The molecule has 2 aromatic rings. The molecule has 0 aliphatic heterocycles. The molecule has 1 heterocycles. The number of hydrogen-bond acceptors (Lipinski definition) is 5. The van der Waals surface area contributed by atoms with Gasteiger partial charge < -0.3 is 20.6 Å². The summed E-state index contributed by atoms with van der Waals surface area (Å²) in [5, 5.41) is 7.84. The highest BCUT2D eigenvalue weighted by Crippen LogP contribution is 2.31. The highest BCUT2D eigenvalue weighted by molar-refractivity contribution is 6.06. The fourth-order valence-corrected chi connectivity index (χ4v) is 3.23. The van der Waals surface area contributed by atoms with Crippen LogP contribution in [0.15, 0.2) is 32.8 Å². The van der Waals surface area contributed by atoms with Gasteiger partial charge in [0.25, 0.3) is 0 Å². The Morgan fingerprint density at radius 1 is 1.12 bits per heavy atom. The second-order valence-electron chi connectivity index (χ2n) is 6.49. The zero-order chi connectivity index (χ0) is 18.8. The van der Waals surface area contributed by atoms with Crippen LogP contribution < -0.4 is 16.2 Å². The standard InChI is InChI=1S/C19H22N4O3/c1-10-7-11(2)9-13(8-10)25-18(24)17-12(3)16-14(22-23-19(20)21)5-4-6-15(16)26-17/h7-9H,4-6H2,1-3H3,(H4,20,21,23)/b22-14+. The van der Waals surface area contributed by atoms with Crippen LogP contribution in [0.25, 0.3) is 0 Å². The highest BCUT2D eigenvalue weighted by Gasteiger charge is 2.29. The lowest BCUT2D eigenvalue weighted by Gasteiger charge is -2.11. The molecule has 136 valence electrons. The number of carbonyl (C=O) groups excluding carboxylic acids is 1. The number of benzene rings is 1. The van der Waals surface area contributed by atoms with E-state index in [0.29, 0.717) is 22.8 Å². The largest absolute Gasteiger partial charge is 0.453 e. The van der Waals surface area contributed by atoms with Gasteiger partial charge in [0.1, 0.15) is 11.5 Å². The van der Waals surface area contributed by atoms with Crippen molar-refractivity contribution in [3.05, 3.63) is 52.0 Å². The Bertz CT molecular complexity index is 901. The van der Waals surface area contributed by atoms with Crippen LogP contribution in [0.1, 0.15) is 51.4 Å². The number of hydrogen-bond donors (Lipinski definition) is 2. The van der Waals surface area contributed by atoms with Crippen LogP contribution in [0.4, 0.5) is 0 Å². The normalized spacial score (nSPS) is 14.8. The molecule has 0 amide bonds. The molecule has 0 fully saturated rings. The van der Waals surface area contributed by atoms with E-state index in [1.807, 2.05) is 39.0 Å². The Morgan fingerprint density at radius 2 is 1.81 bits per heavy atom. The van der Waals surface area contributed by atoms with E-state index in [-0.39, 0.29) is 11.7 Å². The maximum absolute atomic E-state index is 12.6. The van der Waals surface area contributed by atoms with Crippen molar-refractivity contribution >= 4 is 17.6 Å². The van der Waals surface area contributed by atoms with Gasteiger partial charge in [-0.25, -0.2) is 4.79 Å². The first kappa shape index (κ1) is 17.7. The first-order chi connectivity index (χ1) is 12.3. The van der Waals surface area contributed by atoms with E-state index in [2.05, 4.69) is 10.2 Å². The molecule has 1 aromatic heterocycles. The van der Waals surface area contributed by atoms with Gasteiger partial charge in [-0.3, -0.25) is 0 Å². The van der Waals surface area contributed by atoms with E-state index in [4.69, 9.17) is 20.6 Å². The first-order valence-corrected chi connectivity index (χ1v) is 8.43. The van der Waals surface area contributed by atoms with Crippen molar-refractivity contribution in [1.29, 1.82) is 0 Å². The Balaban J connectivity index is 1.93. The van der Waals surface area contributed by atoms with Gasteiger partial charge in [-0.1, -0.05) is 6.07 Å². The van der Waals surface area contributed by atoms with E-state index in [0.717, 1.165) is 36.0 Å². The zero-order valence-corrected chi connectivity index (χ0v) is 15.1. The Labute approximate surface area is 151 Å². The number of furan rings is 1. The van der Waals surface area contributed by atoms with Crippen molar-refractivity contribution < 1.29 is 13.9 Å². The molecule has 3 rings (SSSR count). The molecule has 0 saturated heterocycles. The molecule has 1 aliphatic carbocycles. The number of ether oxygens (including phenoxy) is 1. The van der Waals surface area contributed by atoms with Crippen molar-refractivity contribution in [3.8, 4) is 5.75 Å². The summed E-state index contributed by atoms with van der Waals surface area (Å²) in [5.74, 6) is 0.762. The van der Waals surface area contributed by atoms with E-state index >= 15 is 0 Å². The van der Waals surface area contributed by atoms with Crippen molar-refractivity contribution in [1.82, 2.24) is 0 Å². The zero-order valence-electron chi connectivity index (χ0n) is 15.1. The van der Waals surface area contributed by atoms with Gasteiger partial charge in [0.2, 0.25) is 11.7 Å². The van der Waals surface area contributed by atoms with Crippen molar-refractivity contribution in [2.45, 2.75) is 40.0 Å². The van der Waals surface area contributed by atoms with Crippen LogP contribution >= 0.6 is 0 Å². The number of guanidine groups is 1. The molecular formula is C19H22N4O3. The van der Waals surface area contributed by atoms with Crippen LogP contribution in [0, 0.1) is 20.8 Å². The van der Waals surface area contributed by atoms with Gasteiger partial charge in [0.15, 0.2) is 0 Å². The Morgan fingerprint density at radius 3 is 2.46 bits per heavy atom. The van der Waals surface area contributed by atoms with Gasteiger partial charge >= 0.3 is 5.97 Å². The lowest BCUT2D eigenvalue weighted by Crippen LogP contribution is -2.22. The molecule has 0 atom stereocenters. The Hall–Kier alpha value is -3.09. The van der Waals surface area contributed by atoms with Crippen LogP contribution in [-0.2, 0) is 6.42 Å². The molecule has 1 aliphatic rings. The maximum atomic E-state index is 12.6. The van der Waals surface area contributed by atoms with Crippen LogP contribution in [0.3, 0.4) is 0 Å². The van der Waals surface area contributed by atoms with Crippen LogP contribution in [0.5, 0.6) is 5.75 Å². The lowest BCUT2D eigenvalue weighted by molar-refractivity contribution is 0.0698. The molecule has 0 bridgehead atoms. The number of fused-ring (bicyclic) bond motifs is 1. The van der Waals surface area contributed by atoms with Crippen LogP contribution in [0.2, 0.25) is 0 Å². The Kier molecular flexibility index (Phi) is 4.79. The summed E-state index contributed by atoms with van der Waals surface area (Å²) in [6.07, 6.45) is 2.30. The predicted molar refractivity (Wildman–Crippen MR) is 99.6 cm³/mol.